The van der Waals surface area contributed by atoms with Crippen LogP contribution in [0.25, 0.3) is 0 Å². The van der Waals surface area contributed by atoms with Gasteiger partial charge in [-0.25, -0.2) is 4.68 Å². The normalized spacial score (nSPS) is 18.0. The molecule has 0 radical (unpaired) electrons. The van der Waals surface area contributed by atoms with Gasteiger partial charge < -0.3 is 10.7 Å². The molecular formula is C22H22F3N5OS. The van der Waals surface area contributed by atoms with E-state index in [9.17, 15) is 18.0 Å². The van der Waals surface area contributed by atoms with Gasteiger partial charge in [0.05, 0.1) is 11.6 Å². The lowest BCUT2D eigenvalue weighted by Gasteiger charge is -2.33. The average molecular weight is 462 g/mol. The van der Waals surface area contributed by atoms with Gasteiger partial charge >= 0.3 is 6.18 Å². The number of carbonyl (C=O) groups is 1. The molecule has 10 heteroatoms. The number of benzene rings is 2. The van der Waals surface area contributed by atoms with Crippen molar-refractivity contribution >= 4 is 23.4 Å². The van der Waals surface area contributed by atoms with Crippen LogP contribution in [0.2, 0.25) is 0 Å². The molecule has 0 saturated heterocycles. The van der Waals surface area contributed by atoms with Gasteiger partial charge in [0.25, 0.3) is 0 Å². The molecule has 2 atom stereocenters. The van der Waals surface area contributed by atoms with Crippen LogP contribution in [0.4, 0.5) is 18.9 Å². The number of amides is 1. The lowest BCUT2D eigenvalue weighted by atomic mass is 10.0. The Morgan fingerprint density at radius 3 is 2.53 bits per heavy atom. The SMILES string of the molecule is CCc1ccc(C2Nn3c(CC)nnc3SC2C(=O)Nc2cccc(C(F)(F)F)c2)cc1. The second kappa shape index (κ2) is 8.85. The van der Waals surface area contributed by atoms with Crippen LogP contribution in [0.3, 0.4) is 0 Å². The molecule has 2 unspecified atom stereocenters. The van der Waals surface area contributed by atoms with Gasteiger partial charge in [-0.15, -0.1) is 10.2 Å². The van der Waals surface area contributed by atoms with Crippen LogP contribution < -0.4 is 10.7 Å². The molecule has 2 aromatic carbocycles. The summed E-state index contributed by atoms with van der Waals surface area (Å²) >= 11 is 1.24. The number of hydrogen-bond donors (Lipinski definition) is 2. The van der Waals surface area contributed by atoms with Crippen LogP contribution in [0, 0.1) is 0 Å². The van der Waals surface area contributed by atoms with E-state index >= 15 is 0 Å². The van der Waals surface area contributed by atoms with Crippen LogP contribution in [0.1, 0.15) is 42.4 Å². The van der Waals surface area contributed by atoms with E-state index in [1.807, 2.05) is 31.2 Å². The number of anilines is 1. The first-order chi connectivity index (χ1) is 15.3. The van der Waals surface area contributed by atoms with E-state index in [1.54, 1.807) is 4.68 Å². The molecule has 2 heterocycles. The van der Waals surface area contributed by atoms with E-state index in [1.165, 1.54) is 29.5 Å². The Morgan fingerprint density at radius 2 is 1.88 bits per heavy atom. The van der Waals surface area contributed by atoms with Crippen molar-refractivity contribution in [1.82, 2.24) is 14.9 Å². The summed E-state index contributed by atoms with van der Waals surface area (Å²) in [5, 5.41) is 10.8. The fraction of sp³-hybridized carbons (Fsp3) is 0.318. The standard InChI is InChI=1S/C22H22F3N5OS/c1-3-13-8-10-14(11-9-13)18-19(32-21-28-27-17(4-2)30(21)29-18)20(31)26-16-7-5-6-15(12-16)22(23,24)25/h5-12,18-19,29H,3-4H2,1-2H3,(H,26,31). The minimum atomic E-state index is -4.49. The Hall–Kier alpha value is -3.01. The third-order valence-electron chi connectivity index (χ3n) is 5.28. The van der Waals surface area contributed by atoms with Crippen LogP contribution in [0.5, 0.6) is 0 Å². The smallest absolute Gasteiger partial charge is 0.325 e. The molecule has 168 valence electrons. The van der Waals surface area contributed by atoms with E-state index in [0.29, 0.717) is 11.6 Å². The molecule has 1 aromatic heterocycles. The van der Waals surface area contributed by atoms with Gasteiger partial charge in [0.2, 0.25) is 11.1 Å². The first kappa shape index (κ1) is 22.2. The molecular weight excluding hydrogens is 439 g/mol. The highest BCUT2D eigenvalue weighted by Gasteiger charge is 2.38. The molecule has 1 aliphatic heterocycles. The highest BCUT2D eigenvalue weighted by molar-refractivity contribution is 8.00. The summed E-state index contributed by atoms with van der Waals surface area (Å²) in [6.07, 6.45) is -2.94. The van der Waals surface area contributed by atoms with E-state index in [-0.39, 0.29) is 5.69 Å². The zero-order chi connectivity index (χ0) is 22.9. The number of nitrogens with zero attached hydrogens (tertiary/aromatic N) is 3. The fourth-order valence-electron chi connectivity index (χ4n) is 3.53. The summed E-state index contributed by atoms with van der Waals surface area (Å²) in [6.45, 7) is 4.02. The first-order valence-electron chi connectivity index (χ1n) is 10.2. The molecule has 1 amide bonds. The van der Waals surface area contributed by atoms with E-state index < -0.39 is 28.9 Å². The summed E-state index contributed by atoms with van der Waals surface area (Å²) in [5.41, 5.74) is 4.66. The van der Waals surface area contributed by atoms with Gasteiger partial charge in [-0.1, -0.05) is 55.9 Å². The predicted molar refractivity (Wildman–Crippen MR) is 117 cm³/mol. The number of alkyl halides is 3. The number of halogens is 3. The Kier molecular flexibility index (Phi) is 6.14. The fourth-order valence-corrected chi connectivity index (χ4v) is 4.62. The Labute approximate surface area is 187 Å². The van der Waals surface area contributed by atoms with Crippen LogP contribution in [-0.4, -0.2) is 26.0 Å². The van der Waals surface area contributed by atoms with Crippen molar-refractivity contribution in [2.75, 3.05) is 10.7 Å². The Morgan fingerprint density at radius 1 is 1.12 bits per heavy atom. The third-order valence-corrected chi connectivity index (χ3v) is 6.50. The molecule has 4 rings (SSSR count). The van der Waals surface area contributed by atoms with E-state index in [4.69, 9.17) is 0 Å². The maximum Gasteiger partial charge on any atom is 0.416 e. The minimum absolute atomic E-state index is 0.0896. The quantitative estimate of drug-likeness (QED) is 0.570. The molecule has 3 aromatic rings. The van der Waals surface area contributed by atoms with Crippen molar-refractivity contribution in [3.63, 3.8) is 0 Å². The molecule has 0 bridgehead atoms. The van der Waals surface area contributed by atoms with Crippen molar-refractivity contribution in [2.45, 2.75) is 49.3 Å². The maximum absolute atomic E-state index is 13.2. The zero-order valence-corrected chi connectivity index (χ0v) is 18.3. The molecule has 0 saturated carbocycles. The van der Waals surface area contributed by atoms with Gasteiger partial charge in [-0.05, 0) is 35.7 Å². The molecule has 32 heavy (non-hydrogen) atoms. The summed E-state index contributed by atoms with van der Waals surface area (Å²) in [6, 6.07) is 12.1. The first-order valence-corrected chi connectivity index (χ1v) is 11.1. The molecule has 6 nitrogen and oxygen atoms in total. The number of fused-ring (bicyclic) bond motifs is 1. The number of aromatic nitrogens is 3. The Bertz CT molecular complexity index is 1110. The van der Waals surface area contributed by atoms with Crippen molar-refractivity contribution in [3.8, 4) is 0 Å². The van der Waals surface area contributed by atoms with Crippen molar-refractivity contribution < 1.29 is 18.0 Å². The molecule has 2 N–H and O–H groups in total. The number of thioether (sulfide) groups is 1. The van der Waals surface area contributed by atoms with Gasteiger partial charge in [0.1, 0.15) is 5.25 Å². The second-order valence-electron chi connectivity index (χ2n) is 7.40. The number of rotatable bonds is 5. The van der Waals surface area contributed by atoms with Crippen molar-refractivity contribution in [3.05, 3.63) is 71.0 Å². The summed E-state index contributed by atoms with van der Waals surface area (Å²) in [4.78, 5) is 13.2. The number of carbonyl (C=O) groups excluding carboxylic acids is 1. The van der Waals surface area contributed by atoms with Gasteiger partial charge in [0, 0.05) is 12.1 Å². The van der Waals surface area contributed by atoms with Crippen molar-refractivity contribution in [1.29, 1.82) is 0 Å². The molecule has 0 fully saturated rings. The van der Waals surface area contributed by atoms with Crippen LogP contribution in [-0.2, 0) is 23.8 Å². The lowest BCUT2D eigenvalue weighted by molar-refractivity contribution is -0.137. The highest BCUT2D eigenvalue weighted by Crippen LogP contribution is 2.38. The summed E-state index contributed by atoms with van der Waals surface area (Å²) < 4.78 is 41.0. The predicted octanol–water partition coefficient (Wildman–Crippen LogP) is 4.82. The highest BCUT2D eigenvalue weighted by atomic mass is 32.2. The van der Waals surface area contributed by atoms with Crippen LogP contribution in [0.15, 0.2) is 53.7 Å². The van der Waals surface area contributed by atoms with Crippen molar-refractivity contribution in [2.24, 2.45) is 0 Å². The molecule has 0 aliphatic carbocycles. The van der Waals surface area contributed by atoms with E-state index in [0.717, 1.165) is 29.9 Å². The van der Waals surface area contributed by atoms with Gasteiger partial charge in [0.15, 0.2) is 5.82 Å². The number of aryl methyl sites for hydroxylation is 2. The van der Waals surface area contributed by atoms with Gasteiger partial charge in [-0.2, -0.15) is 13.2 Å². The molecule has 0 spiro atoms. The average Bonchev–Trinajstić information content (AvgIpc) is 3.20. The molecule has 1 aliphatic rings. The Balaban J connectivity index is 1.65. The summed E-state index contributed by atoms with van der Waals surface area (Å²) in [7, 11) is 0. The maximum atomic E-state index is 13.2. The lowest BCUT2D eigenvalue weighted by Crippen LogP contribution is -2.41. The van der Waals surface area contributed by atoms with Gasteiger partial charge in [-0.3, -0.25) is 4.79 Å². The van der Waals surface area contributed by atoms with Crippen LogP contribution >= 0.6 is 11.8 Å². The largest absolute Gasteiger partial charge is 0.416 e. The minimum Gasteiger partial charge on any atom is -0.325 e. The number of hydrogen-bond acceptors (Lipinski definition) is 5. The monoisotopic (exact) mass is 461 g/mol. The van der Waals surface area contributed by atoms with E-state index in [2.05, 4.69) is 27.9 Å². The zero-order valence-electron chi connectivity index (χ0n) is 17.5. The summed E-state index contributed by atoms with van der Waals surface area (Å²) in [5.74, 6) is 0.318. The third kappa shape index (κ3) is 4.45. The second-order valence-corrected chi connectivity index (χ2v) is 8.50. The topological polar surface area (TPSA) is 71.8 Å². The number of nitrogens with one attached hydrogen (secondary N) is 2.